The molecule has 0 amide bonds. The van der Waals surface area contributed by atoms with Gasteiger partial charge in [0.05, 0.1) is 10.5 Å². The van der Waals surface area contributed by atoms with Crippen molar-refractivity contribution in [3.63, 3.8) is 0 Å². The van der Waals surface area contributed by atoms with Crippen LogP contribution in [0.15, 0.2) is 12.1 Å². The summed E-state index contributed by atoms with van der Waals surface area (Å²) >= 11 is 0. The Morgan fingerprint density at radius 2 is 2.20 bits per heavy atom. The average Bonchev–Trinajstić information content (AvgIpc) is 2.39. The van der Waals surface area contributed by atoms with E-state index in [1.54, 1.807) is 6.92 Å². The second-order valence-electron chi connectivity index (χ2n) is 4.32. The third kappa shape index (κ3) is 3.99. The highest BCUT2D eigenvalue weighted by molar-refractivity contribution is 5.90. The fourth-order valence-corrected chi connectivity index (χ4v) is 1.77. The van der Waals surface area contributed by atoms with E-state index in [4.69, 9.17) is 11.5 Å². The van der Waals surface area contributed by atoms with Crippen LogP contribution in [0.5, 0.6) is 0 Å². The van der Waals surface area contributed by atoms with E-state index in [9.17, 15) is 14.9 Å². The molecule has 0 aromatic heterocycles. The van der Waals surface area contributed by atoms with Gasteiger partial charge in [0, 0.05) is 30.3 Å². The molecule has 0 aliphatic carbocycles. The van der Waals surface area contributed by atoms with E-state index < -0.39 is 10.9 Å². The summed E-state index contributed by atoms with van der Waals surface area (Å²) in [5.74, 6) is 1.34. The maximum Gasteiger partial charge on any atom is 0.336 e. The lowest BCUT2D eigenvalue weighted by Gasteiger charge is -2.10. The van der Waals surface area contributed by atoms with E-state index >= 15 is 0 Å². The van der Waals surface area contributed by atoms with E-state index in [1.165, 1.54) is 6.07 Å². The SMILES string of the molecule is C#CCCCCNc1cc(C(=O)O)cc([N+](=O)[O-])c1C. The third-order valence-corrected chi connectivity index (χ3v) is 2.89. The molecule has 0 fully saturated rings. The molecule has 0 atom stereocenters. The summed E-state index contributed by atoms with van der Waals surface area (Å²) in [5.41, 5.74) is 0.596. The van der Waals surface area contributed by atoms with Crippen LogP contribution in [0.25, 0.3) is 0 Å². The molecule has 20 heavy (non-hydrogen) atoms. The Labute approximate surface area is 117 Å². The molecule has 1 aromatic rings. The first-order valence-electron chi connectivity index (χ1n) is 6.17. The number of carboxylic acid groups (broad SMARTS) is 1. The summed E-state index contributed by atoms with van der Waals surface area (Å²) in [6.07, 6.45) is 7.48. The molecular weight excluding hydrogens is 260 g/mol. The molecule has 0 saturated heterocycles. The average molecular weight is 276 g/mol. The van der Waals surface area contributed by atoms with Crippen molar-refractivity contribution >= 4 is 17.3 Å². The number of hydrogen-bond donors (Lipinski definition) is 2. The van der Waals surface area contributed by atoms with Crippen LogP contribution >= 0.6 is 0 Å². The van der Waals surface area contributed by atoms with Crippen LogP contribution in [-0.2, 0) is 0 Å². The number of carboxylic acids is 1. The number of benzene rings is 1. The summed E-state index contributed by atoms with van der Waals surface area (Å²) in [6, 6.07) is 2.48. The zero-order valence-corrected chi connectivity index (χ0v) is 11.2. The van der Waals surface area contributed by atoms with Crippen molar-refractivity contribution in [3.05, 3.63) is 33.4 Å². The first-order valence-corrected chi connectivity index (χ1v) is 6.17. The van der Waals surface area contributed by atoms with E-state index in [-0.39, 0.29) is 11.3 Å². The number of unbranched alkanes of at least 4 members (excludes halogenated alkanes) is 2. The highest BCUT2D eigenvalue weighted by atomic mass is 16.6. The Balaban J connectivity index is 2.91. The van der Waals surface area contributed by atoms with Crippen molar-refractivity contribution in [2.24, 2.45) is 0 Å². The molecule has 2 N–H and O–H groups in total. The minimum Gasteiger partial charge on any atom is -0.478 e. The van der Waals surface area contributed by atoms with Gasteiger partial charge in [-0.05, 0) is 25.8 Å². The largest absolute Gasteiger partial charge is 0.478 e. The molecular formula is C14H16N2O4. The molecule has 1 aromatic carbocycles. The van der Waals surface area contributed by atoms with E-state index in [2.05, 4.69) is 11.2 Å². The molecule has 106 valence electrons. The second-order valence-corrected chi connectivity index (χ2v) is 4.32. The minimum absolute atomic E-state index is 0.103. The summed E-state index contributed by atoms with van der Waals surface area (Å²) in [6.45, 7) is 2.18. The van der Waals surface area contributed by atoms with Gasteiger partial charge in [-0.25, -0.2) is 4.79 Å². The molecule has 0 radical (unpaired) electrons. The van der Waals surface area contributed by atoms with Crippen molar-refractivity contribution in [1.82, 2.24) is 0 Å². The van der Waals surface area contributed by atoms with Crippen LogP contribution in [0.3, 0.4) is 0 Å². The van der Waals surface area contributed by atoms with Crippen molar-refractivity contribution in [3.8, 4) is 12.3 Å². The second kappa shape index (κ2) is 7.14. The fraction of sp³-hybridized carbons (Fsp3) is 0.357. The summed E-state index contributed by atoms with van der Waals surface area (Å²) < 4.78 is 0. The Morgan fingerprint density at radius 3 is 2.75 bits per heavy atom. The van der Waals surface area contributed by atoms with Crippen LogP contribution in [0.2, 0.25) is 0 Å². The molecule has 0 bridgehead atoms. The van der Waals surface area contributed by atoms with Crippen molar-refractivity contribution in [2.75, 3.05) is 11.9 Å². The monoisotopic (exact) mass is 276 g/mol. The van der Waals surface area contributed by atoms with Gasteiger partial charge >= 0.3 is 5.97 Å². The Bertz CT molecular complexity index is 561. The lowest BCUT2D eigenvalue weighted by Crippen LogP contribution is -2.07. The van der Waals surface area contributed by atoms with Gasteiger partial charge in [0.1, 0.15) is 0 Å². The number of hydrogen-bond acceptors (Lipinski definition) is 4. The molecule has 0 unspecified atom stereocenters. The van der Waals surface area contributed by atoms with Crippen LogP contribution < -0.4 is 5.32 Å². The number of nitrogens with zero attached hydrogens (tertiary/aromatic N) is 1. The fourth-order valence-electron chi connectivity index (χ4n) is 1.77. The third-order valence-electron chi connectivity index (χ3n) is 2.89. The Hall–Kier alpha value is -2.55. The van der Waals surface area contributed by atoms with Gasteiger partial charge in [-0.1, -0.05) is 0 Å². The number of anilines is 1. The predicted molar refractivity (Wildman–Crippen MR) is 76.0 cm³/mol. The van der Waals surface area contributed by atoms with Crippen LogP contribution in [0.1, 0.15) is 35.2 Å². The number of carbonyl (C=O) groups is 1. The number of aromatic carboxylic acids is 1. The topological polar surface area (TPSA) is 92.5 Å². The van der Waals surface area contributed by atoms with Gasteiger partial charge in [0.15, 0.2) is 0 Å². The number of rotatable bonds is 7. The quantitative estimate of drug-likeness (QED) is 0.346. The number of terminal acetylenes is 1. The molecule has 0 aliphatic heterocycles. The lowest BCUT2D eigenvalue weighted by atomic mass is 10.1. The van der Waals surface area contributed by atoms with Gasteiger partial charge in [0.2, 0.25) is 0 Å². The van der Waals surface area contributed by atoms with Crippen LogP contribution in [0.4, 0.5) is 11.4 Å². The first-order chi connectivity index (χ1) is 9.47. The van der Waals surface area contributed by atoms with Gasteiger partial charge in [-0.15, -0.1) is 12.3 Å². The van der Waals surface area contributed by atoms with Crippen molar-refractivity contribution < 1.29 is 14.8 Å². The molecule has 0 aliphatic rings. The molecule has 1 rings (SSSR count). The molecule has 6 nitrogen and oxygen atoms in total. The van der Waals surface area contributed by atoms with Crippen LogP contribution in [-0.4, -0.2) is 22.5 Å². The normalized spacial score (nSPS) is 9.80. The number of nitro groups is 1. The Morgan fingerprint density at radius 1 is 1.50 bits per heavy atom. The standard InChI is InChI=1S/C14H16N2O4/c1-3-4-5-6-7-15-12-8-11(14(17)18)9-13(10(12)2)16(19)20/h1,8-9,15H,4-7H2,2H3,(H,17,18). The molecule has 6 heteroatoms. The maximum absolute atomic E-state index is 11.0. The summed E-state index contributed by atoms with van der Waals surface area (Å²) in [5, 5.41) is 22.9. The summed E-state index contributed by atoms with van der Waals surface area (Å²) in [4.78, 5) is 21.3. The van der Waals surface area contributed by atoms with Crippen molar-refractivity contribution in [2.45, 2.75) is 26.2 Å². The lowest BCUT2D eigenvalue weighted by molar-refractivity contribution is -0.385. The summed E-state index contributed by atoms with van der Waals surface area (Å²) in [7, 11) is 0. The van der Waals surface area contributed by atoms with E-state index in [0.717, 1.165) is 18.9 Å². The van der Waals surface area contributed by atoms with Gasteiger partial charge < -0.3 is 10.4 Å². The van der Waals surface area contributed by atoms with Crippen molar-refractivity contribution in [1.29, 1.82) is 0 Å². The van der Waals surface area contributed by atoms with Crippen LogP contribution in [0, 0.1) is 29.4 Å². The van der Waals surface area contributed by atoms with Gasteiger partial charge in [0.25, 0.3) is 5.69 Å². The van der Waals surface area contributed by atoms with E-state index in [0.29, 0.717) is 24.2 Å². The minimum atomic E-state index is -1.19. The maximum atomic E-state index is 11.0. The Kier molecular flexibility index (Phi) is 5.54. The molecule has 0 saturated carbocycles. The number of nitrogens with one attached hydrogen (secondary N) is 1. The first kappa shape index (κ1) is 15.5. The number of nitro benzene ring substituents is 1. The smallest absolute Gasteiger partial charge is 0.336 e. The van der Waals surface area contributed by atoms with E-state index in [1.807, 2.05) is 0 Å². The predicted octanol–water partition coefficient (Wildman–Crippen LogP) is 2.82. The van der Waals surface area contributed by atoms with Gasteiger partial charge in [-0.2, -0.15) is 0 Å². The highest BCUT2D eigenvalue weighted by Gasteiger charge is 2.18. The zero-order chi connectivity index (χ0) is 15.1. The molecule has 0 spiro atoms. The van der Waals surface area contributed by atoms with Gasteiger partial charge in [-0.3, -0.25) is 10.1 Å². The molecule has 0 heterocycles. The highest BCUT2D eigenvalue weighted by Crippen LogP contribution is 2.27. The zero-order valence-electron chi connectivity index (χ0n) is 11.2.